The van der Waals surface area contributed by atoms with E-state index in [1.165, 1.54) is 0 Å². The number of amides is 1. The molecule has 1 aromatic carbocycles. The Morgan fingerprint density at radius 1 is 1.25 bits per heavy atom. The van der Waals surface area contributed by atoms with Crippen LogP contribution in [-0.4, -0.2) is 39.5 Å². The Bertz CT molecular complexity index is 940. The second kappa shape index (κ2) is 8.18. The summed E-state index contributed by atoms with van der Waals surface area (Å²) in [6, 6.07) is 11.6. The van der Waals surface area contributed by atoms with Gasteiger partial charge in [-0.1, -0.05) is 17.3 Å². The molecule has 0 fully saturated rings. The fourth-order valence-corrected chi connectivity index (χ4v) is 3.16. The molecule has 3 heterocycles. The van der Waals surface area contributed by atoms with Crippen LogP contribution < -0.4 is 10.1 Å². The number of pyridine rings is 1. The van der Waals surface area contributed by atoms with Gasteiger partial charge in [0.2, 0.25) is 0 Å². The van der Waals surface area contributed by atoms with Crippen LogP contribution in [0, 0.1) is 0 Å². The third kappa shape index (κ3) is 3.86. The summed E-state index contributed by atoms with van der Waals surface area (Å²) in [4.78, 5) is 16.5. The molecule has 144 valence electrons. The van der Waals surface area contributed by atoms with Crippen LogP contribution in [0.25, 0.3) is 0 Å². The van der Waals surface area contributed by atoms with E-state index in [4.69, 9.17) is 9.47 Å². The van der Waals surface area contributed by atoms with Crippen LogP contribution in [0.1, 0.15) is 33.4 Å². The van der Waals surface area contributed by atoms with E-state index in [0.29, 0.717) is 24.5 Å². The van der Waals surface area contributed by atoms with Crippen molar-refractivity contribution >= 4 is 5.91 Å². The van der Waals surface area contributed by atoms with Crippen molar-refractivity contribution in [1.29, 1.82) is 0 Å². The SMILES string of the molecule is COc1ccc([C@@H]2Cn3nnc(C(=O)NCCc4ccncc4)c3CO2)cc1. The number of fused-ring (bicyclic) bond motifs is 1. The molecule has 0 radical (unpaired) electrons. The van der Waals surface area contributed by atoms with Crippen LogP contribution in [0.4, 0.5) is 0 Å². The number of carbonyl (C=O) groups excluding carboxylic acids is 1. The number of rotatable bonds is 6. The molecule has 0 aliphatic carbocycles. The van der Waals surface area contributed by atoms with Gasteiger partial charge in [-0.05, 0) is 41.8 Å². The van der Waals surface area contributed by atoms with Crippen LogP contribution in [0.3, 0.4) is 0 Å². The molecule has 2 aromatic heterocycles. The average molecular weight is 379 g/mol. The molecular weight excluding hydrogens is 358 g/mol. The highest BCUT2D eigenvalue weighted by Gasteiger charge is 2.27. The number of ether oxygens (including phenoxy) is 2. The van der Waals surface area contributed by atoms with Crippen LogP contribution >= 0.6 is 0 Å². The van der Waals surface area contributed by atoms with Gasteiger partial charge in [-0.3, -0.25) is 9.78 Å². The average Bonchev–Trinajstić information content (AvgIpc) is 3.18. The monoisotopic (exact) mass is 379 g/mol. The first kappa shape index (κ1) is 18.1. The van der Waals surface area contributed by atoms with Crippen molar-refractivity contribution in [3.63, 3.8) is 0 Å². The highest BCUT2D eigenvalue weighted by molar-refractivity contribution is 5.93. The van der Waals surface area contributed by atoms with Crippen molar-refractivity contribution in [3.05, 3.63) is 71.3 Å². The van der Waals surface area contributed by atoms with Crippen LogP contribution in [0.2, 0.25) is 0 Å². The van der Waals surface area contributed by atoms with Gasteiger partial charge in [0, 0.05) is 18.9 Å². The van der Waals surface area contributed by atoms with Gasteiger partial charge in [-0.25, -0.2) is 4.68 Å². The van der Waals surface area contributed by atoms with Gasteiger partial charge < -0.3 is 14.8 Å². The Labute approximate surface area is 162 Å². The molecule has 28 heavy (non-hydrogen) atoms. The first-order chi connectivity index (χ1) is 13.7. The van der Waals surface area contributed by atoms with Gasteiger partial charge in [0.25, 0.3) is 5.91 Å². The van der Waals surface area contributed by atoms with Gasteiger partial charge in [-0.15, -0.1) is 5.10 Å². The van der Waals surface area contributed by atoms with E-state index in [2.05, 4.69) is 20.6 Å². The van der Waals surface area contributed by atoms with E-state index in [1.54, 1.807) is 24.2 Å². The largest absolute Gasteiger partial charge is 0.497 e. The minimum absolute atomic E-state index is 0.136. The number of hydrogen-bond acceptors (Lipinski definition) is 6. The molecular formula is C20H21N5O3. The Balaban J connectivity index is 1.38. The predicted molar refractivity (Wildman–Crippen MR) is 101 cm³/mol. The van der Waals surface area contributed by atoms with Crippen molar-refractivity contribution in [2.45, 2.75) is 25.7 Å². The number of nitrogens with zero attached hydrogens (tertiary/aromatic N) is 4. The van der Waals surface area contributed by atoms with E-state index < -0.39 is 0 Å². The Morgan fingerprint density at radius 2 is 2.04 bits per heavy atom. The molecule has 1 amide bonds. The first-order valence-corrected chi connectivity index (χ1v) is 9.09. The summed E-state index contributed by atoms with van der Waals surface area (Å²) in [6.45, 7) is 1.32. The van der Waals surface area contributed by atoms with E-state index in [1.807, 2.05) is 36.4 Å². The molecule has 0 saturated carbocycles. The zero-order chi connectivity index (χ0) is 19.3. The van der Waals surface area contributed by atoms with Crippen LogP contribution in [-0.2, 0) is 24.3 Å². The Morgan fingerprint density at radius 3 is 2.79 bits per heavy atom. The maximum absolute atomic E-state index is 12.5. The van der Waals surface area contributed by atoms with E-state index in [-0.39, 0.29) is 18.6 Å². The minimum Gasteiger partial charge on any atom is -0.497 e. The second-order valence-corrected chi connectivity index (χ2v) is 6.50. The van der Waals surface area contributed by atoms with Gasteiger partial charge in [0.1, 0.15) is 11.9 Å². The van der Waals surface area contributed by atoms with E-state index >= 15 is 0 Å². The normalized spacial score (nSPS) is 15.7. The second-order valence-electron chi connectivity index (χ2n) is 6.50. The number of hydrogen-bond donors (Lipinski definition) is 1. The van der Waals surface area contributed by atoms with Crippen molar-refractivity contribution in [3.8, 4) is 5.75 Å². The smallest absolute Gasteiger partial charge is 0.273 e. The van der Waals surface area contributed by atoms with Crippen LogP contribution in [0.5, 0.6) is 5.75 Å². The maximum Gasteiger partial charge on any atom is 0.273 e. The molecule has 8 nitrogen and oxygen atoms in total. The molecule has 4 rings (SSSR count). The van der Waals surface area contributed by atoms with Crippen molar-refractivity contribution in [2.75, 3.05) is 13.7 Å². The lowest BCUT2D eigenvalue weighted by molar-refractivity contribution is -0.00179. The van der Waals surface area contributed by atoms with Crippen LogP contribution in [0.15, 0.2) is 48.8 Å². The summed E-state index contributed by atoms with van der Waals surface area (Å²) in [6.07, 6.45) is 4.07. The van der Waals surface area contributed by atoms with Gasteiger partial charge in [0.05, 0.1) is 26.0 Å². The lowest BCUT2D eigenvalue weighted by Gasteiger charge is -2.24. The fraction of sp³-hybridized carbons (Fsp3) is 0.300. The minimum atomic E-state index is -0.234. The number of methoxy groups -OCH3 is 1. The lowest BCUT2D eigenvalue weighted by atomic mass is 10.1. The molecule has 1 aliphatic rings. The summed E-state index contributed by atoms with van der Waals surface area (Å²) in [5, 5.41) is 11.1. The quantitative estimate of drug-likeness (QED) is 0.704. The Kier molecular flexibility index (Phi) is 5.29. The highest BCUT2D eigenvalue weighted by atomic mass is 16.5. The van der Waals surface area contributed by atoms with E-state index in [0.717, 1.165) is 23.3 Å². The summed E-state index contributed by atoms with van der Waals surface area (Å²) < 4.78 is 12.9. The van der Waals surface area contributed by atoms with E-state index in [9.17, 15) is 4.79 Å². The summed E-state index contributed by atoms with van der Waals surface area (Å²) in [5.41, 5.74) is 3.17. The summed E-state index contributed by atoms with van der Waals surface area (Å²) >= 11 is 0. The highest BCUT2D eigenvalue weighted by Crippen LogP contribution is 2.28. The predicted octanol–water partition coefficient (Wildman–Crippen LogP) is 1.93. The third-order valence-corrected chi connectivity index (χ3v) is 4.75. The molecule has 0 bridgehead atoms. The molecule has 1 atom stereocenters. The third-order valence-electron chi connectivity index (χ3n) is 4.75. The van der Waals surface area contributed by atoms with Gasteiger partial charge in [-0.2, -0.15) is 0 Å². The molecule has 1 aliphatic heterocycles. The molecule has 0 unspecified atom stereocenters. The fourth-order valence-electron chi connectivity index (χ4n) is 3.16. The van der Waals surface area contributed by atoms with Crippen molar-refractivity contribution < 1.29 is 14.3 Å². The number of carbonyl (C=O) groups is 1. The molecule has 3 aromatic rings. The Hall–Kier alpha value is -3.26. The maximum atomic E-state index is 12.5. The molecule has 8 heteroatoms. The molecule has 0 spiro atoms. The lowest BCUT2D eigenvalue weighted by Crippen LogP contribution is -2.29. The standard InChI is InChI=1S/C20H21N5O3/c1-27-16-4-2-15(3-5-16)18-12-25-17(13-28-18)19(23-24-25)20(26)22-11-8-14-6-9-21-10-7-14/h2-7,9-10,18H,8,11-13H2,1H3,(H,22,26)/t18-/m0/s1. The topological polar surface area (TPSA) is 91.2 Å². The van der Waals surface area contributed by atoms with Gasteiger partial charge >= 0.3 is 0 Å². The van der Waals surface area contributed by atoms with Crippen molar-refractivity contribution in [1.82, 2.24) is 25.3 Å². The van der Waals surface area contributed by atoms with Gasteiger partial charge in [0.15, 0.2) is 5.69 Å². The number of aromatic nitrogens is 4. The zero-order valence-corrected chi connectivity index (χ0v) is 15.5. The zero-order valence-electron chi connectivity index (χ0n) is 15.5. The summed E-state index contributed by atoms with van der Waals surface area (Å²) in [5.74, 6) is 0.563. The molecule has 0 saturated heterocycles. The number of nitrogens with one attached hydrogen (secondary N) is 1. The first-order valence-electron chi connectivity index (χ1n) is 9.09. The summed E-state index contributed by atoms with van der Waals surface area (Å²) in [7, 11) is 1.64. The van der Waals surface area contributed by atoms with Crippen molar-refractivity contribution in [2.24, 2.45) is 0 Å². The molecule has 1 N–H and O–H groups in total. The number of benzene rings is 1.